The van der Waals surface area contributed by atoms with Crippen LogP contribution in [-0.4, -0.2) is 45.5 Å². The third-order valence-electron chi connectivity index (χ3n) is 1.68. The average molecular weight is 181 g/mol. The van der Waals surface area contributed by atoms with Crippen molar-refractivity contribution in [3.63, 3.8) is 0 Å². The van der Waals surface area contributed by atoms with Crippen LogP contribution in [0.3, 0.4) is 0 Å². The Labute approximate surface area is 73.7 Å². The molecule has 1 atom stereocenters. The lowest BCUT2D eigenvalue weighted by molar-refractivity contribution is -0.118. The van der Waals surface area contributed by atoms with E-state index in [9.17, 15) is 9.59 Å². The van der Waals surface area contributed by atoms with E-state index in [1.165, 1.54) is 6.08 Å². The number of hydrogen-bond donors (Lipinski definition) is 1. The van der Waals surface area contributed by atoms with Gasteiger partial charge in [-0.05, 0) is 0 Å². The predicted molar refractivity (Wildman–Crippen MR) is 42.3 cm³/mol. The normalized spacial score (nSPS) is 19.7. The lowest BCUT2D eigenvalue weighted by atomic mass is 10.2. The second-order valence-corrected chi connectivity index (χ2v) is 2.45. The summed E-state index contributed by atoms with van der Waals surface area (Å²) in [6.07, 6.45) is 2.55. The van der Waals surface area contributed by atoms with Crippen molar-refractivity contribution in [1.29, 1.82) is 0 Å². The highest BCUT2D eigenvalue weighted by Crippen LogP contribution is 2.09. The molecule has 0 fully saturated rings. The Hall–Kier alpha value is -1.94. The summed E-state index contributed by atoms with van der Waals surface area (Å²) >= 11 is 0. The van der Waals surface area contributed by atoms with Gasteiger partial charge in [0.05, 0.1) is 0 Å². The first kappa shape index (κ1) is 9.15. The van der Waals surface area contributed by atoms with Crippen molar-refractivity contribution in [3.8, 4) is 0 Å². The molecule has 0 aromatic rings. The van der Waals surface area contributed by atoms with E-state index in [1.807, 2.05) is 0 Å². The zero-order valence-corrected chi connectivity index (χ0v) is 6.62. The summed E-state index contributed by atoms with van der Waals surface area (Å²) in [5.74, 6) is -0.557. The molecule has 0 radical (unpaired) electrons. The van der Waals surface area contributed by atoms with Crippen molar-refractivity contribution in [2.24, 2.45) is 0 Å². The Bertz CT molecular complexity index is 317. The molecule has 0 saturated carbocycles. The summed E-state index contributed by atoms with van der Waals surface area (Å²) in [6.45, 7) is 0.186. The van der Waals surface area contributed by atoms with Crippen LogP contribution in [0.1, 0.15) is 0 Å². The zero-order valence-electron chi connectivity index (χ0n) is 6.62. The van der Waals surface area contributed by atoms with E-state index in [0.29, 0.717) is 6.21 Å². The third kappa shape index (κ3) is 1.80. The molecule has 1 rings (SSSR count). The minimum atomic E-state index is -1.17. The van der Waals surface area contributed by atoms with Crippen LogP contribution in [-0.2, 0) is 4.79 Å². The quantitative estimate of drug-likeness (QED) is 0.276. The first-order chi connectivity index (χ1) is 6.16. The molecule has 1 amide bonds. The van der Waals surface area contributed by atoms with Crippen LogP contribution in [0.2, 0.25) is 0 Å². The van der Waals surface area contributed by atoms with Gasteiger partial charge >= 0.3 is 12.3 Å². The standard InChI is InChI=1S/C7H7N3O3/c8-9-4-6(11)5-2-1-3-10(5)7(12)13/h1-2,4-5H,3H2,(H,12,13)/t5-/m0/s1. The number of carbonyl (C=O) groups is 2. The summed E-state index contributed by atoms with van der Waals surface area (Å²) in [4.78, 5) is 25.1. The van der Waals surface area contributed by atoms with Gasteiger partial charge in [0.1, 0.15) is 6.04 Å². The molecule has 0 unspecified atom stereocenters. The van der Waals surface area contributed by atoms with Crippen molar-refractivity contribution in [2.75, 3.05) is 6.54 Å². The molecule has 0 spiro atoms. The van der Waals surface area contributed by atoms with Crippen LogP contribution >= 0.6 is 0 Å². The van der Waals surface area contributed by atoms with E-state index in [4.69, 9.17) is 10.6 Å². The van der Waals surface area contributed by atoms with E-state index in [-0.39, 0.29) is 6.54 Å². The predicted octanol–water partition coefficient (Wildman–Crippen LogP) is -0.225. The maximum absolute atomic E-state index is 11.1. The summed E-state index contributed by atoms with van der Waals surface area (Å²) in [5, 5.41) is 8.63. The SMILES string of the molecule is [N-]=[N+]=CC(=O)[C@@H]1C=CCN1C(=O)O. The van der Waals surface area contributed by atoms with Gasteiger partial charge in [0.2, 0.25) is 0 Å². The molecule has 1 heterocycles. The molecule has 0 saturated heterocycles. The molecular formula is C7H7N3O3. The van der Waals surface area contributed by atoms with Crippen molar-refractivity contribution in [2.45, 2.75) is 6.04 Å². The number of nitrogens with zero attached hydrogens (tertiary/aromatic N) is 3. The Kier molecular flexibility index (Phi) is 2.56. The molecule has 6 nitrogen and oxygen atoms in total. The molecule has 0 aliphatic carbocycles. The van der Waals surface area contributed by atoms with Crippen molar-refractivity contribution < 1.29 is 19.5 Å². The van der Waals surface area contributed by atoms with Gasteiger partial charge in [-0.15, -0.1) is 0 Å². The van der Waals surface area contributed by atoms with Gasteiger partial charge in [-0.2, -0.15) is 4.79 Å². The van der Waals surface area contributed by atoms with E-state index in [2.05, 4.69) is 4.79 Å². The van der Waals surface area contributed by atoms with Crippen LogP contribution < -0.4 is 0 Å². The number of hydrogen-bond acceptors (Lipinski definition) is 2. The molecule has 13 heavy (non-hydrogen) atoms. The number of ketones is 1. The van der Waals surface area contributed by atoms with E-state index in [1.54, 1.807) is 6.08 Å². The number of carbonyl (C=O) groups excluding carboxylic acids is 1. The molecule has 0 aromatic heterocycles. The lowest BCUT2D eigenvalue weighted by Gasteiger charge is -2.16. The number of carboxylic acid groups (broad SMARTS) is 1. The van der Waals surface area contributed by atoms with Gasteiger partial charge in [-0.25, -0.2) is 4.79 Å². The van der Waals surface area contributed by atoms with Crippen molar-refractivity contribution in [3.05, 3.63) is 17.7 Å². The fourth-order valence-corrected chi connectivity index (χ4v) is 1.10. The Morgan fingerprint density at radius 2 is 2.38 bits per heavy atom. The van der Waals surface area contributed by atoms with Crippen LogP contribution in [0, 0.1) is 0 Å². The summed E-state index contributed by atoms with van der Waals surface area (Å²) in [6, 6.07) is -0.853. The average Bonchev–Trinajstić information content (AvgIpc) is 2.52. The molecule has 1 aliphatic heterocycles. The minimum Gasteiger partial charge on any atom is -0.465 e. The molecule has 1 N–H and O–H groups in total. The largest absolute Gasteiger partial charge is 0.465 e. The molecule has 68 valence electrons. The van der Waals surface area contributed by atoms with E-state index >= 15 is 0 Å². The first-order valence-corrected chi connectivity index (χ1v) is 3.54. The van der Waals surface area contributed by atoms with Gasteiger partial charge in [0.25, 0.3) is 5.78 Å². The summed E-state index contributed by atoms with van der Waals surface area (Å²) < 4.78 is 0. The van der Waals surface area contributed by atoms with Crippen LogP contribution in [0.15, 0.2) is 12.2 Å². The van der Waals surface area contributed by atoms with E-state index in [0.717, 1.165) is 4.90 Å². The monoisotopic (exact) mass is 181 g/mol. The third-order valence-corrected chi connectivity index (χ3v) is 1.68. The maximum atomic E-state index is 11.1. The summed E-state index contributed by atoms with van der Waals surface area (Å²) in [7, 11) is 0. The van der Waals surface area contributed by atoms with Crippen LogP contribution in [0.25, 0.3) is 5.53 Å². The maximum Gasteiger partial charge on any atom is 0.408 e. The molecule has 1 aliphatic rings. The van der Waals surface area contributed by atoms with Crippen molar-refractivity contribution >= 4 is 18.1 Å². The van der Waals surface area contributed by atoms with Gasteiger partial charge in [0.15, 0.2) is 0 Å². The Balaban J connectivity index is 2.78. The fraction of sp³-hybridized carbons (Fsp3) is 0.286. The van der Waals surface area contributed by atoms with Crippen LogP contribution in [0.4, 0.5) is 4.79 Å². The zero-order chi connectivity index (χ0) is 9.84. The molecule has 6 heteroatoms. The smallest absolute Gasteiger partial charge is 0.408 e. The minimum absolute atomic E-state index is 0.186. The first-order valence-electron chi connectivity index (χ1n) is 3.54. The van der Waals surface area contributed by atoms with Crippen molar-refractivity contribution in [1.82, 2.24) is 4.90 Å². The molecule has 0 aromatic carbocycles. The Morgan fingerprint density at radius 1 is 1.69 bits per heavy atom. The van der Waals surface area contributed by atoms with Gasteiger partial charge in [-0.3, -0.25) is 9.69 Å². The highest BCUT2D eigenvalue weighted by atomic mass is 16.4. The van der Waals surface area contributed by atoms with E-state index < -0.39 is 17.9 Å². The fourth-order valence-electron chi connectivity index (χ4n) is 1.10. The van der Waals surface area contributed by atoms with Gasteiger partial charge in [-0.1, -0.05) is 12.2 Å². The number of amides is 1. The van der Waals surface area contributed by atoms with Crippen LogP contribution in [0.5, 0.6) is 0 Å². The second kappa shape index (κ2) is 3.64. The lowest BCUT2D eigenvalue weighted by Crippen LogP contribution is -2.40. The topological polar surface area (TPSA) is 94.0 Å². The Morgan fingerprint density at radius 3 is 2.92 bits per heavy atom. The van der Waals surface area contributed by atoms with Gasteiger partial charge < -0.3 is 10.6 Å². The summed E-state index contributed by atoms with van der Waals surface area (Å²) in [5.41, 5.74) is 8.08. The molecular weight excluding hydrogens is 174 g/mol. The molecule has 0 bridgehead atoms. The number of Topliss-reactive ketones (excluding diaryl/α,β-unsaturated/α-hetero) is 1. The second-order valence-electron chi connectivity index (χ2n) is 2.45. The highest BCUT2D eigenvalue weighted by molar-refractivity contribution is 6.28. The highest BCUT2D eigenvalue weighted by Gasteiger charge is 2.30. The van der Waals surface area contributed by atoms with Gasteiger partial charge in [0, 0.05) is 6.54 Å². The number of rotatable bonds is 2.